The molecule has 68 heavy (non-hydrogen) atoms. The minimum Gasteiger partial charge on any atom is -0.337 e. The summed E-state index contributed by atoms with van der Waals surface area (Å²) in [6.45, 7) is 13.8. The van der Waals surface area contributed by atoms with Gasteiger partial charge in [-0.15, -0.1) is 0 Å². The van der Waals surface area contributed by atoms with E-state index in [1.807, 2.05) is 0 Å². The Morgan fingerprint density at radius 2 is 1.01 bits per heavy atom. The summed E-state index contributed by atoms with van der Waals surface area (Å²) < 4.78 is 2.53. The molecule has 0 saturated carbocycles. The molecule has 2 aliphatic rings. The number of allylic oxidation sites excluding steroid dienone is 3. The standard InChI is InChI=1S/C66H60N2/c1-65(2,3)53-32-27-45(28-33-53)56-44-63(68-61(48-23-15-9-16-24-48)39-40-62(68)49-25-17-10-18-26-49)64(50-29-34-54(35-30-50)66(4,5)6)58-42-51-31-36-55(41-52(51)43-57(56)58)67-59(46-19-11-7-12-20-46)37-38-60(67)47-21-13-8-14-22-47/h7-21,23-37,39-44,47,60H,22,38H2,1-6H3. The maximum absolute atomic E-state index is 2.63. The van der Waals surface area contributed by atoms with E-state index in [1.165, 1.54) is 83.0 Å². The molecule has 8 aromatic carbocycles. The second-order valence-corrected chi connectivity index (χ2v) is 20.9. The van der Waals surface area contributed by atoms with Gasteiger partial charge in [0, 0.05) is 28.9 Å². The number of anilines is 1. The first-order valence-corrected chi connectivity index (χ1v) is 24.5. The second-order valence-electron chi connectivity index (χ2n) is 20.9. The van der Waals surface area contributed by atoms with Gasteiger partial charge in [0.2, 0.25) is 0 Å². The van der Waals surface area contributed by atoms with Gasteiger partial charge in [-0.25, -0.2) is 0 Å². The summed E-state index contributed by atoms with van der Waals surface area (Å²) >= 11 is 0. The molecule has 0 saturated heterocycles. The van der Waals surface area contributed by atoms with Gasteiger partial charge in [-0.1, -0.05) is 218 Å². The topological polar surface area (TPSA) is 8.17 Å². The van der Waals surface area contributed by atoms with E-state index >= 15 is 0 Å². The van der Waals surface area contributed by atoms with Crippen LogP contribution < -0.4 is 4.90 Å². The van der Waals surface area contributed by atoms with E-state index in [4.69, 9.17) is 0 Å². The first-order valence-electron chi connectivity index (χ1n) is 24.5. The highest BCUT2D eigenvalue weighted by Crippen LogP contribution is 2.47. The van der Waals surface area contributed by atoms with Crippen LogP contribution in [0.1, 0.15) is 71.1 Å². The summed E-state index contributed by atoms with van der Waals surface area (Å²) in [7, 11) is 0. The quantitative estimate of drug-likeness (QED) is 0.138. The van der Waals surface area contributed by atoms with Crippen molar-refractivity contribution < 1.29 is 0 Å². The minimum atomic E-state index is 0.0235. The molecule has 0 N–H and O–H groups in total. The lowest BCUT2D eigenvalue weighted by Gasteiger charge is -2.35. The summed E-state index contributed by atoms with van der Waals surface area (Å²) in [6.07, 6.45) is 13.7. The molecule has 1 aliphatic carbocycles. The summed E-state index contributed by atoms with van der Waals surface area (Å²) in [5.41, 5.74) is 17.1. The van der Waals surface area contributed by atoms with Crippen LogP contribution in [0.3, 0.4) is 0 Å². The van der Waals surface area contributed by atoms with Crippen molar-refractivity contribution in [1.82, 2.24) is 4.57 Å². The molecule has 2 nitrogen and oxygen atoms in total. The van der Waals surface area contributed by atoms with Crippen LogP contribution in [0.5, 0.6) is 0 Å². The van der Waals surface area contributed by atoms with Crippen LogP contribution in [0.2, 0.25) is 0 Å². The Balaban J connectivity index is 1.21. The van der Waals surface area contributed by atoms with Crippen LogP contribution in [0.25, 0.3) is 77.7 Å². The van der Waals surface area contributed by atoms with E-state index in [9.17, 15) is 0 Å². The van der Waals surface area contributed by atoms with Crippen LogP contribution in [0.15, 0.2) is 218 Å². The van der Waals surface area contributed by atoms with Gasteiger partial charge in [-0.05, 0) is 132 Å². The van der Waals surface area contributed by atoms with Crippen molar-refractivity contribution in [3.63, 3.8) is 0 Å². The lowest BCUT2D eigenvalue weighted by molar-refractivity contribution is 0.514. The lowest BCUT2D eigenvalue weighted by Crippen LogP contribution is -2.35. The molecule has 2 unspecified atom stereocenters. The molecule has 0 radical (unpaired) electrons. The monoisotopic (exact) mass is 880 g/mol. The van der Waals surface area contributed by atoms with Crippen molar-refractivity contribution in [3.8, 4) is 50.5 Å². The highest BCUT2D eigenvalue weighted by molar-refractivity contribution is 6.14. The van der Waals surface area contributed by atoms with Crippen LogP contribution in [-0.2, 0) is 10.8 Å². The maximum atomic E-state index is 2.63. The van der Waals surface area contributed by atoms with Gasteiger partial charge in [0.05, 0.1) is 17.1 Å². The Kier molecular flexibility index (Phi) is 11.0. The number of fused-ring (bicyclic) bond motifs is 2. The Labute approximate surface area is 403 Å². The molecule has 0 spiro atoms. The minimum absolute atomic E-state index is 0.0235. The molecule has 11 rings (SSSR count). The van der Waals surface area contributed by atoms with Gasteiger partial charge in [-0.3, -0.25) is 0 Å². The van der Waals surface area contributed by atoms with Gasteiger partial charge < -0.3 is 9.47 Å². The van der Waals surface area contributed by atoms with Crippen molar-refractivity contribution in [2.24, 2.45) is 5.92 Å². The molecule has 0 bridgehead atoms. The second kappa shape index (κ2) is 17.3. The zero-order valence-electron chi connectivity index (χ0n) is 40.2. The summed E-state index contributed by atoms with van der Waals surface area (Å²) in [5, 5.41) is 4.93. The average molecular weight is 881 g/mol. The number of benzene rings is 8. The van der Waals surface area contributed by atoms with E-state index in [0.29, 0.717) is 12.0 Å². The first-order chi connectivity index (χ1) is 33.0. The van der Waals surface area contributed by atoms with Crippen LogP contribution in [-0.4, -0.2) is 10.6 Å². The number of nitrogens with zero attached hydrogens (tertiary/aromatic N) is 2. The van der Waals surface area contributed by atoms with Crippen molar-refractivity contribution in [3.05, 3.63) is 235 Å². The number of hydrogen-bond acceptors (Lipinski definition) is 1. The SMILES string of the molecule is CC(C)(C)c1ccc(-c2cc(-n3c(-c4ccccc4)ccc3-c3ccccc3)c(-c3ccc(C(C)(C)C)cc3)c3cc4ccc(N5C(c6ccccc6)=CCC5C5C=CC=CC5)cc4cc23)cc1. The summed E-state index contributed by atoms with van der Waals surface area (Å²) in [5.74, 6) is 0.424. The summed E-state index contributed by atoms with van der Waals surface area (Å²) in [4.78, 5) is 2.63. The molecule has 0 amide bonds. The number of rotatable bonds is 8. The highest BCUT2D eigenvalue weighted by atomic mass is 15.2. The molecule has 334 valence electrons. The highest BCUT2D eigenvalue weighted by Gasteiger charge is 2.33. The lowest BCUT2D eigenvalue weighted by atomic mass is 9.83. The average Bonchev–Trinajstić information content (AvgIpc) is 4.02. The van der Waals surface area contributed by atoms with Gasteiger partial charge >= 0.3 is 0 Å². The third-order valence-corrected chi connectivity index (χ3v) is 14.4. The fourth-order valence-electron chi connectivity index (χ4n) is 10.7. The molecule has 2 heteroatoms. The Bertz CT molecular complexity index is 3310. The first kappa shape index (κ1) is 43.2. The Hall–Kier alpha value is -7.42. The zero-order chi connectivity index (χ0) is 46.6. The normalized spacial score (nSPS) is 16.2. The predicted octanol–water partition coefficient (Wildman–Crippen LogP) is 17.8. The van der Waals surface area contributed by atoms with Gasteiger partial charge in [0.15, 0.2) is 0 Å². The van der Waals surface area contributed by atoms with Crippen molar-refractivity contribution in [1.29, 1.82) is 0 Å². The van der Waals surface area contributed by atoms with E-state index < -0.39 is 0 Å². The smallest absolute Gasteiger partial charge is 0.0553 e. The van der Waals surface area contributed by atoms with Gasteiger partial charge in [0.1, 0.15) is 0 Å². The van der Waals surface area contributed by atoms with E-state index in [1.54, 1.807) is 0 Å². The molecule has 9 aromatic rings. The molecule has 2 atom stereocenters. The molecule has 2 heterocycles. The van der Waals surface area contributed by atoms with Crippen molar-refractivity contribution in [2.75, 3.05) is 4.90 Å². The van der Waals surface area contributed by atoms with Crippen molar-refractivity contribution in [2.45, 2.75) is 71.3 Å². The number of aromatic nitrogens is 1. The molecule has 1 aromatic heterocycles. The largest absolute Gasteiger partial charge is 0.337 e. The Morgan fingerprint density at radius 1 is 0.456 bits per heavy atom. The van der Waals surface area contributed by atoms with E-state index in [0.717, 1.165) is 29.9 Å². The van der Waals surface area contributed by atoms with Gasteiger partial charge in [-0.2, -0.15) is 0 Å². The van der Waals surface area contributed by atoms with Crippen LogP contribution in [0, 0.1) is 5.92 Å². The molecular formula is C66H60N2. The molecule has 1 aliphatic heterocycles. The third kappa shape index (κ3) is 8.02. The molecule has 0 fully saturated rings. The molecular weight excluding hydrogens is 821 g/mol. The van der Waals surface area contributed by atoms with Crippen LogP contribution >= 0.6 is 0 Å². The fraction of sp³-hybridized carbons (Fsp3) is 0.182. The van der Waals surface area contributed by atoms with E-state index in [2.05, 4.69) is 269 Å². The van der Waals surface area contributed by atoms with Crippen molar-refractivity contribution >= 4 is 32.9 Å². The Morgan fingerprint density at radius 3 is 1.57 bits per heavy atom. The maximum Gasteiger partial charge on any atom is 0.0553 e. The summed E-state index contributed by atoms with van der Waals surface area (Å²) in [6, 6.07) is 71.1. The fourth-order valence-corrected chi connectivity index (χ4v) is 10.7. The van der Waals surface area contributed by atoms with E-state index in [-0.39, 0.29) is 10.8 Å². The number of hydrogen-bond donors (Lipinski definition) is 0. The zero-order valence-corrected chi connectivity index (χ0v) is 40.2. The third-order valence-electron chi connectivity index (χ3n) is 14.4. The van der Waals surface area contributed by atoms with Gasteiger partial charge in [0.25, 0.3) is 0 Å². The predicted molar refractivity (Wildman–Crippen MR) is 292 cm³/mol. The van der Waals surface area contributed by atoms with Crippen LogP contribution in [0.4, 0.5) is 5.69 Å².